The topological polar surface area (TPSA) is 37.3 Å². The lowest BCUT2D eigenvalue weighted by molar-refractivity contribution is -0.138. The van der Waals surface area contributed by atoms with E-state index in [1.165, 1.54) is 0 Å². The highest BCUT2D eigenvalue weighted by molar-refractivity contribution is 5.76. The minimum Gasteiger partial charge on any atom is -0.481 e. The van der Waals surface area contributed by atoms with Crippen LogP contribution in [-0.4, -0.2) is 11.1 Å². The lowest BCUT2D eigenvalue weighted by Crippen LogP contribution is -2.15. The predicted octanol–water partition coefficient (Wildman–Crippen LogP) is 4.02. The predicted molar refractivity (Wildman–Crippen MR) is 81.2 cm³/mol. The van der Waals surface area contributed by atoms with Crippen molar-refractivity contribution in [3.8, 4) is 0 Å². The van der Waals surface area contributed by atoms with Gasteiger partial charge in [-0.25, -0.2) is 0 Å². The molecule has 2 heteroatoms. The quantitative estimate of drug-likeness (QED) is 0.909. The molecule has 0 amide bonds. The van der Waals surface area contributed by atoms with Gasteiger partial charge in [0.2, 0.25) is 0 Å². The molecule has 0 bridgehead atoms. The Morgan fingerprint density at radius 2 is 1.55 bits per heavy atom. The van der Waals surface area contributed by atoms with Crippen LogP contribution in [-0.2, 0) is 11.2 Å². The largest absolute Gasteiger partial charge is 0.481 e. The van der Waals surface area contributed by atoms with Crippen molar-refractivity contribution in [2.75, 3.05) is 0 Å². The summed E-state index contributed by atoms with van der Waals surface area (Å²) in [6, 6.07) is 13.9. The summed E-state index contributed by atoms with van der Waals surface area (Å²) in [4.78, 5) is 11.6. The number of aliphatic carboxylic acids is 1. The highest BCUT2D eigenvalue weighted by atomic mass is 16.4. The van der Waals surface area contributed by atoms with E-state index in [4.69, 9.17) is 0 Å². The third kappa shape index (κ3) is 3.08. The summed E-state index contributed by atoms with van der Waals surface area (Å²) in [5.41, 5.74) is 5.46. The van der Waals surface area contributed by atoms with Gasteiger partial charge in [0.1, 0.15) is 0 Å². The first-order valence-corrected chi connectivity index (χ1v) is 6.83. The van der Waals surface area contributed by atoms with Gasteiger partial charge < -0.3 is 5.11 Å². The molecule has 0 fully saturated rings. The fraction of sp³-hybridized carbons (Fsp3) is 0.278. The second kappa shape index (κ2) is 5.91. The van der Waals surface area contributed by atoms with E-state index < -0.39 is 11.9 Å². The molecule has 1 atom stereocenters. The van der Waals surface area contributed by atoms with Crippen molar-refractivity contribution in [2.24, 2.45) is 0 Å². The number of carbonyl (C=O) groups is 1. The molecule has 20 heavy (non-hydrogen) atoms. The van der Waals surface area contributed by atoms with E-state index in [1.807, 2.05) is 63.2 Å². The summed E-state index contributed by atoms with van der Waals surface area (Å²) in [7, 11) is 0. The van der Waals surface area contributed by atoms with Gasteiger partial charge in [-0.2, -0.15) is 0 Å². The molecule has 2 aromatic carbocycles. The first-order valence-electron chi connectivity index (χ1n) is 6.83. The van der Waals surface area contributed by atoms with E-state index >= 15 is 0 Å². The SMILES string of the molecule is Cc1ccc(C(Cc2c(C)cccc2C)C(=O)O)cc1. The van der Waals surface area contributed by atoms with E-state index in [1.54, 1.807) is 0 Å². The molecule has 2 aromatic rings. The number of aryl methyl sites for hydroxylation is 3. The first-order chi connectivity index (χ1) is 9.49. The molecular weight excluding hydrogens is 248 g/mol. The Kier molecular flexibility index (Phi) is 4.23. The second-order valence-electron chi connectivity index (χ2n) is 5.38. The van der Waals surface area contributed by atoms with Crippen LogP contribution in [0.4, 0.5) is 0 Å². The van der Waals surface area contributed by atoms with Gasteiger partial charge in [0.15, 0.2) is 0 Å². The second-order valence-corrected chi connectivity index (χ2v) is 5.38. The lowest BCUT2D eigenvalue weighted by atomic mass is 9.88. The van der Waals surface area contributed by atoms with Crippen molar-refractivity contribution in [2.45, 2.75) is 33.1 Å². The molecular formula is C18H20O2. The highest BCUT2D eigenvalue weighted by Gasteiger charge is 2.21. The van der Waals surface area contributed by atoms with Crippen LogP contribution < -0.4 is 0 Å². The Hall–Kier alpha value is -2.09. The summed E-state index contributed by atoms with van der Waals surface area (Å²) in [5.74, 6) is -1.26. The normalized spacial score (nSPS) is 12.2. The molecule has 1 unspecified atom stereocenters. The van der Waals surface area contributed by atoms with Crippen LogP contribution in [0.5, 0.6) is 0 Å². The van der Waals surface area contributed by atoms with Crippen molar-refractivity contribution in [3.05, 3.63) is 70.3 Å². The van der Waals surface area contributed by atoms with Gasteiger partial charge >= 0.3 is 5.97 Å². The van der Waals surface area contributed by atoms with Crippen LogP contribution in [0.1, 0.15) is 33.7 Å². The van der Waals surface area contributed by atoms with Crippen LogP contribution >= 0.6 is 0 Å². The standard InChI is InChI=1S/C18H20O2/c1-12-7-9-15(10-8-12)17(18(19)20)11-16-13(2)5-4-6-14(16)3/h4-10,17H,11H2,1-3H3,(H,19,20). The smallest absolute Gasteiger partial charge is 0.311 e. The lowest BCUT2D eigenvalue weighted by Gasteiger charge is -2.16. The summed E-state index contributed by atoms with van der Waals surface area (Å²) in [5, 5.41) is 9.54. The maximum atomic E-state index is 11.6. The molecule has 0 aromatic heterocycles. The number of benzene rings is 2. The van der Waals surface area contributed by atoms with Gasteiger partial charge in [0, 0.05) is 0 Å². The zero-order chi connectivity index (χ0) is 14.7. The van der Waals surface area contributed by atoms with E-state index in [0.717, 1.165) is 27.8 Å². The molecule has 2 nitrogen and oxygen atoms in total. The minimum absolute atomic E-state index is 0.490. The van der Waals surface area contributed by atoms with E-state index in [2.05, 4.69) is 0 Å². The number of rotatable bonds is 4. The number of carboxylic acid groups (broad SMARTS) is 1. The van der Waals surface area contributed by atoms with Gasteiger partial charge in [0.05, 0.1) is 5.92 Å². The van der Waals surface area contributed by atoms with Crippen LogP contribution in [0.3, 0.4) is 0 Å². The van der Waals surface area contributed by atoms with Crippen molar-refractivity contribution < 1.29 is 9.90 Å². The molecule has 104 valence electrons. The van der Waals surface area contributed by atoms with Crippen LogP contribution in [0.15, 0.2) is 42.5 Å². The molecule has 0 spiro atoms. The highest BCUT2D eigenvalue weighted by Crippen LogP contribution is 2.25. The number of hydrogen-bond acceptors (Lipinski definition) is 1. The van der Waals surface area contributed by atoms with Gasteiger partial charge in [-0.05, 0) is 49.4 Å². The van der Waals surface area contributed by atoms with Crippen LogP contribution in [0.25, 0.3) is 0 Å². The molecule has 0 aliphatic rings. The zero-order valence-corrected chi connectivity index (χ0v) is 12.2. The molecule has 1 N–H and O–H groups in total. The first kappa shape index (κ1) is 14.3. The summed E-state index contributed by atoms with van der Waals surface area (Å²) in [6.45, 7) is 6.08. The monoisotopic (exact) mass is 268 g/mol. The van der Waals surface area contributed by atoms with Crippen molar-refractivity contribution in [1.29, 1.82) is 0 Å². The van der Waals surface area contributed by atoms with Crippen molar-refractivity contribution in [1.82, 2.24) is 0 Å². The van der Waals surface area contributed by atoms with Crippen molar-refractivity contribution >= 4 is 5.97 Å². The fourth-order valence-electron chi connectivity index (χ4n) is 2.52. The summed E-state index contributed by atoms with van der Waals surface area (Å²) in [6.07, 6.45) is 0.539. The Balaban J connectivity index is 2.35. The van der Waals surface area contributed by atoms with Gasteiger partial charge in [-0.3, -0.25) is 4.79 Å². The van der Waals surface area contributed by atoms with E-state index in [0.29, 0.717) is 6.42 Å². The van der Waals surface area contributed by atoms with Crippen molar-refractivity contribution in [3.63, 3.8) is 0 Å². The van der Waals surface area contributed by atoms with Crippen LogP contribution in [0, 0.1) is 20.8 Å². The summed E-state index contributed by atoms with van der Waals surface area (Å²) < 4.78 is 0. The van der Waals surface area contributed by atoms with E-state index in [-0.39, 0.29) is 0 Å². The zero-order valence-electron chi connectivity index (χ0n) is 12.2. The fourth-order valence-corrected chi connectivity index (χ4v) is 2.52. The average Bonchev–Trinajstić information content (AvgIpc) is 2.39. The molecule has 0 radical (unpaired) electrons. The molecule has 0 saturated carbocycles. The Bertz CT molecular complexity index is 592. The third-order valence-electron chi connectivity index (χ3n) is 3.83. The molecule has 2 rings (SSSR count). The average molecular weight is 268 g/mol. The maximum absolute atomic E-state index is 11.6. The Morgan fingerprint density at radius 3 is 2.05 bits per heavy atom. The van der Waals surface area contributed by atoms with Gasteiger partial charge in [0.25, 0.3) is 0 Å². The molecule has 0 aliphatic heterocycles. The minimum atomic E-state index is -0.767. The number of hydrogen-bond donors (Lipinski definition) is 1. The molecule has 0 heterocycles. The van der Waals surface area contributed by atoms with Gasteiger partial charge in [-0.1, -0.05) is 48.0 Å². The Labute approximate surface area is 120 Å². The number of carboxylic acids is 1. The molecule has 0 saturated heterocycles. The van der Waals surface area contributed by atoms with Gasteiger partial charge in [-0.15, -0.1) is 0 Å². The maximum Gasteiger partial charge on any atom is 0.311 e. The molecule has 0 aliphatic carbocycles. The summed E-state index contributed by atoms with van der Waals surface area (Å²) >= 11 is 0. The van der Waals surface area contributed by atoms with Crippen LogP contribution in [0.2, 0.25) is 0 Å². The Morgan fingerprint density at radius 1 is 1.00 bits per heavy atom. The van der Waals surface area contributed by atoms with E-state index in [9.17, 15) is 9.90 Å². The third-order valence-corrected chi connectivity index (χ3v) is 3.83.